The van der Waals surface area contributed by atoms with E-state index in [1.54, 1.807) is 18.2 Å². The molecule has 1 aromatic carbocycles. The number of halogens is 1. The Morgan fingerprint density at radius 3 is 2.52 bits per heavy atom. The number of rotatable bonds is 5. The summed E-state index contributed by atoms with van der Waals surface area (Å²) in [4.78, 5) is 28.6. The first-order chi connectivity index (χ1) is 12.1. The zero-order valence-electron chi connectivity index (χ0n) is 13.8. The Morgan fingerprint density at radius 2 is 1.80 bits per heavy atom. The van der Waals surface area contributed by atoms with E-state index in [1.165, 1.54) is 24.4 Å². The molecule has 2 aromatic rings. The zero-order chi connectivity index (χ0) is 17.6. The Balaban J connectivity index is 1.60. The van der Waals surface area contributed by atoms with Crippen molar-refractivity contribution < 1.29 is 14.0 Å². The van der Waals surface area contributed by atoms with Gasteiger partial charge in [-0.1, -0.05) is 25.0 Å². The van der Waals surface area contributed by atoms with E-state index in [0.29, 0.717) is 5.56 Å². The normalized spacial score (nSPS) is 14.3. The van der Waals surface area contributed by atoms with Crippen LogP contribution < -0.4 is 10.6 Å². The number of pyridine rings is 1. The molecule has 0 aliphatic heterocycles. The van der Waals surface area contributed by atoms with Crippen molar-refractivity contribution in [1.82, 2.24) is 15.6 Å². The van der Waals surface area contributed by atoms with Gasteiger partial charge in [-0.05, 0) is 42.7 Å². The molecule has 1 fully saturated rings. The monoisotopic (exact) mass is 341 g/mol. The van der Waals surface area contributed by atoms with Gasteiger partial charge in [0.25, 0.3) is 11.8 Å². The minimum absolute atomic E-state index is 0.199. The van der Waals surface area contributed by atoms with E-state index in [4.69, 9.17) is 0 Å². The molecule has 6 heteroatoms. The van der Waals surface area contributed by atoms with Gasteiger partial charge in [0.05, 0.1) is 0 Å². The number of benzene rings is 1. The smallest absolute Gasteiger partial charge is 0.270 e. The molecule has 1 saturated carbocycles. The molecule has 1 aromatic heterocycles. The highest BCUT2D eigenvalue weighted by Crippen LogP contribution is 2.18. The highest BCUT2D eigenvalue weighted by molar-refractivity contribution is 5.98. The molecule has 1 heterocycles. The third kappa shape index (κ3) is 4.62. The molecule has 0 saturated heterocycles. The molecule has 1 aliphatic rings. The van der Waals surface area contributed by atoms with Crippen LogP contribution in [0, 0.1) is 5.82 Å². The van der Waals surface area contributed by atoms with Gasteiger partial charge in [0.2, 0.25) is 0 Å². The molecule has 2 amide bonds. The van der Waals surface area contributed by atoms with Crippen molar-refractivity contribution in [1.29, 1.82) is 0 Å². The fourth-order valence-electron chi connectivity index (χ4n) is 2.91. The lowest BCUT2D eigenvalue weighted by Crippen LogP contribution is -2.33. The highest BCUT2D eigenvalue weighted by Gasteiger charge is 2.19. The number of nitrogens with zero attached hydrogens (tertiary/aromatic N) is 1. The molecule has 0 spiro atoms. The number of carbonyl (C=O) groups is 2. The minimum atomic E-state index is -0.317. The van der Waals surface area contributed by atoms with Crippen molar-refractivity contribution in [2.75, 3.05) is 0 Å². The van der Waals surface area contributed by atoms with Gasteiger partial charge >= 0.3 is 0 Å². The van der Waals surface area contributed by atoms with E-state index in [-0.39, 0.29) is 35.9 Å². The SMILES string of the molecule is O=C(NCc1ccc(F)cc1)c1ccnc(C(=O)NC2CCCC2)c1. The quantitative estimate of drug-likeness (QED) is 0.878. The van der Waals surface area contributed by atoms with Crippen molar-refractivity contribution in [2.45, 2.75) is 38.3 Å². The lowest BCUT2D eigenvalue weighted by atomic mass is 10.1. The Hall–Kier alpha value is -2.76. The van der Waals surface area contributed by atoms with Gasteiger partial charge in [-0.2, -0.15) is 0 Å². The molecule has 130 valence electrons. The fraction of sp³-hybridized carbons (Fsp3) is 0.316. The second-order valence-corrected chi connectivity index (χ2v) is 6.19. The lowest BCUT2D eigenvalue weighted by Gasteiger charge is -2.12. The van der Waals surface area contributed by atoms with Crippen molar-refractivity contribution in [3.63, 3.8) is 0 Å². The molecule has 0 atom stereocenters. The van der Waals surface area contributed by atoms with E-state index >= 15 is 0 Å². The standard InChI is InChI=1S/C19H20FN3O2/c20-15-7-5-13(6-8-15)12-22-18(24)14-9-10-21-17(11-14)19(25)23-16-3-1-2-4-16/h5-11,16H,1-4,12H2,(H,22,24)(H,23,25). The van der Waals surface area contributed by atoms with E-state index in [1.807, 2.05) is 0 Å². The van der Waals surface area contributed by atoms with Crippen LogP contribution in [0.15, 0.2) is 42.6 Å². The van der Waals surface area contributed by atoms with Crippen LogP contribution in [0.5, 0.6) is 0 Å². The van der Waals surface area contributed by atoms with Crippen molar-refractivity contribution in [3.8, 4) is 0 Å². The largest absolute Gasteiger partial charge is 0.348 e. The van der Waals surface area contributed by atoms with Crippen LogP contribution in [-0.4, -0.2) is 22.8 Å². The zero-order valence-corrected chi connectivity index (χ0v) is 13.8. The van der Waals surface area contributed by atoms with Crippen molar-refractivity contribution >= 4 is 11.8 Å². The summed E-state index contributed by atoms with van der Waals surface area (Å²) in [5.41, 5.74) is 1.40. The summed E-state index contributed by atoms with van der Waals surface area (Å²) in [6, 6.07) is 9.17. The summed E-state index contributed by atoms with van der Waals surface area (Å²) in [7, 11) is 0. The summed E-state index contributed by atoms with van der Waals surface area (Å²) in [5.74, 6) is -0.871. The van der Waals surface area contributed by atoms with Gasteiger partial charge in [0, 0.05) is 24.3 Å². The molecule has 3 rings (SSSR count). The summed E-state index contributed by atoms with van der Waals surface area (Å²) < 4.78 is 12.9. The summed E-state index contributed by atoms with van der Waals surface area (Å²) in [5, 5.41) is 5.71. The number of hydrogen-bond donors (Lipinski definition) is 2. The van der Waals surface area contributed by atoms with E-state index in [9.17, 15) is 14.0 Å². The summed E-state index contributed by atoms with van der Waals surface area (Å²) in [6.45, 7) is 0.283. The van der Waals surface area contributed by atoms with Crippen LogP contribution in [0.3, 0.4) is 0 Å². The molecule has 2 N–H and O–H groups in total. The predicted molar refractivity (Wildman–Crippen MR) is 91.5 cm³/mol. The van der Waals surface area contributed by atoms with Gasteiger partial charge in [0.1, 0.15) is 11.5 Å². The molecule has 1 aliphatic carbocycles. The molecular formula is C19H20FN3O2. The molecule has 5 nitrogen and oxygen atoms in total. The van der Waals surface area contributed by atoms with E-state index in [2.05, 4.69) is 15.6 Å². The molecule has 0 radical (unpaired) electrons. The van der Waals surface area contributed by atoms with Crippen LogP contribution in [-0.2, 0) is 6.54 Å². The first-order valence-corrected chi connectivity index (χ1v) is 8.41. The first kappa shape index (κ1) is 17.1. The minimum Gasteiger partial charge on any atom is -0.348 e. The Morgan fingerprint density at radius 1 is 1.08 bits per heavy atom. The van der Waals surface area contributed by atoms with Gasteiger partial charge in [0.15, 0.2) is 0 Å². The summed E-state index contributed by atoms with van der Waals surface area (Å²) in [6.07, 6.45) is 5.69. The molecule has 25 heavy (non-hydrogen) atoms. The summed E-state index contributed by atoms with van der Waals surface area (Å²) >= 11 is 0. The second kappa shape index (κ2) is 7.88. The average Bonchev–Trinajstić information content (AvgIpc) is 3.14. The van der Waals surface area contributed by atoms with Gasteiger partial charge < -0.3 is 10.6 Å². The highest BCUT2D eigenvalue weighted by atomic mass is 19.1. The van der Waals surface area contributed by atoms with E-state index < -0.39 is 0 Å². The lowest BCUT2D eigenvalue weighted by molar-refractivity contribution is 0.0933. The van der Waals surface area contributed by atoms with Crippen LogP contribution in [0.1, 0.15) is 52.1 Å². The topological polar surface area (TPSA) is 71.1 Å². The third-order valence-corrected chi connectivity index (χ3v) is 4.31. The number of hydrogen-bond acceptors (Lipinski definition) is 3. The molecule has 0 unspecified atom stereocenters. The first-order valence-electron chi connectivity index (χ1n) is 8.41. The fourth-order valence-corrected chi connectivity index (χ4v) is 2.91. The average molecular weight is 341 g/mol. The Labute approximate surface area is 145 Å². The van der Waals surface area contributed by atoms with E-state index in [0.717, 1.165) is 31.2 Å². The van der Waals surface area contributed by atoms with Gasteiger partial charge in [-0.25, -0.2) is 4.39 Å². The van der Waals surface area contributed by atoms with Gasteiger partial charge in [-0.15, -0.1) is 0 Å². The van der Waals surface area contributed by atoms with Crippen molar-refractivity contribution in [3.05, 3.63) is 65.2 Å². The number of amides is 2. The maximum absolute atomic E-state index is 12.9. The number of nitrogens with one attached hydrogen (secondary N) is 2. The Kier molecular flexibility index (Phi) is 5.38. The van der Waals surface area contributed by atoms with Crippen LogP contribution in [0.2, 0.25) is 0 Å². The second-order valence-electron chi connectivity index (χ2n) is 6.19. The van der Waals surface area contributed by atoms with Crippen LogP contribution in [0.25, 0.3) is 0 Å². The molecule has 0 bridgehead atoms. The van der Waals surface area contributed by atoms with Crippen LogP contribution in [0.4, 0.5) is 4.39 Å². The predicted octanol–water partition coefficient (Wildman–Crippen LogP) is 2.82. The van der Waals surface area contributed by atoms with Crippen molar-refractivity contribution in [2.24, 2.45) is 0 Å². The maximum Gasteiger partial charge on any atom is 0.270 e. The van der Waals surface area contributed by atoms with Gasteiger partial charge in [-0.3, -0.25) is 14.6 Å². The van der Waals surface area contributed by atoms with Crippen LogP contribution >= 0.6 is 0 Å². The maximum atomic E-state index is 12.9. The Bertz CT molecular complexity index is 756. The molecular weight excluding hydrogens is 321 g/mol. The third-order valence-electron chi connectivity index (χ3n) is 4.31. The number of carbonyl (C=O) groups excluding carboxylic acids is 2. The number of aromatic nitrogens is 1.